The minimum Gasteiger partial charge on any atom is -0.0312 e. The van der Waals surface area contributed by atoms with E-state index < -0.39 is 87.6 Å². The molecule has 0 unspecified atom stereocenters. The van der Waals surface area contributed by atoms with Crippen molar-refractivity contribution in [2.75, 3.05) is 28.4 Å². The fourth-order valence-corrected chi connectivity index (χ4v) is 9.83. The Morgan fingerprint density at radius 1 is 0.565 bits per heavy atom. The predicted molar refractivity (Wildman–Crippen MR) is 336 cm³/mol. The molecule has 1 aliphatic carbocycles. The number of benzene rings is 6. The largest absolute Gasteiger partial charge is 2.00 e. The van der Waals surface area contributed by atoms with Crippen LogP contribution in [0.3, 0.4) is 0 Å². The van der Waals surface area contributed by atoms with E-state index in [-0.39, 0.29) is 65.9 Å². The van der Waals surface area contributed by atoms with Crippen LogP contribution in [0.1, 0.15) is 83.9 Å². The zero-order chi connectivity index (χ0) is 67.5. The fourth-order valence-electron chi connectivity index (χ4n) is 8.44. The summed E-state index contributed by atoms with van der Waals surface area (Å²) in [6, 6.07) is 29.8. The van der Waals surface area contributed by atoms with Crippen molar-refractivity contribution in [3.8, 4) is 34.5 Å². The van der Waals surface area contributed by atoms with Crippen molar-refractivity contribution in [1.29, 1.82) is 0 Å². The van der Waals surface area contributed by atoms with Gasteiger partial charge in [-0.25, -0.2) is 4.79 Å². The third-order valence-electron chi connectivity index (χ3n) is 14.1. The molecule has 7 rings (SSSR count). The Hall–Kier alpha value is -7.63. The van der Waals surface area contributed by atoms with E-state index >= 15 is 14.4 Å². The molecular weight excluding hydrogens is 1360 g/mol. The number of nitrogens with one attached hydrogen (secondary N) is 5. The summed E-state index contributed by atoms with van der Waals surface area (Å²) in [4.78, 5) is 73.6. The number of carbonyl (C=O) groups is 5. The number of hydrogen-bond acceptors (Lipinski definition) is 13. The van der Waals surface area contributed by atoms with E-state index in [9.17, 15) is 45.0 Å². The van der Waals surface area contributed by atoms with Crippen molar-refractivity contribution in [2.24, 2.45) is 0 Å². The molecule has 0 spiro atoms. The molecule has 0 heterocycles. The molecule has 5 atom stereocenters. The second kappa shape index (κ2) is 32.8. The first-order valence-corrected chi connectivity index (χ1v) is 33.2. The molecule has 1 saturated carbocycles. The standard InChI is InChI=1S/C59H68ClN5O13Si.C5H5.F6P.Ru/c1-35-46(74-7)31-41(32-47(35)76-33-36-17-13-11-14-18-36)50(65-58(72)77-34-37-19-15-12-16-20-37)57(71)63-49(40-29-44(66)53(75-8)45(67)30-40)56(70)62-48(38-23-27-43(73-6)28-24-38)55(69)64-51(54(68)61-5)52(39-21-25-42(60)26-22-39)78-79(9,10)59(2,3)4;1-2-4-5-3-1;1-7(2,3,4,5)6;/h11-32,48-52,66-67H,33-34H2,1-10H3,(H,61,68)(H,62,70)(H,63,71)(H,64,69)(H,65,72);1-5H;;/q;;-1;+2/t48-,49-,50+,51+,52-;;;/m1.../s1. The summed E-state index contributed by atoms with van der Waals surface area (Å²) in [6.07, 6.45) is 7.91. The summed E-state index contributed by atoms with van der Waals surface area (Å²) in [5, 5.41) is 36.0. The van der Waals surface area contributed by atoms with Gasteiger partial charge in [-0.3, -0.25) is 19.2 Å². The monoisotopic (exact) mass is 1430 g/mol. The number of carbonyl (C=O) groups excluding carboxylic acids is 5. The number of ether oxygens (including phenoxy) is 5. The molecule has 7 N–H and O–H groups in total. The molecule has 5 amide bonds. The van der Waals surface area contributed by atoms with Gasteiger partial charge in [0.05, 0.1) is 27.4 Å². The summed E-state index contributed by atoms with van der Waals surface area (Å²) in [6.45, 7) is 11.8. The van der Waals surface area contributed by atoms with E-state index in [2.05, 4.69) is 26.6 Å². The van der Waals surface area contributed by atoms with E-state index in [4.69, 9.17) is 39.7 Å². The molecular formula is C64H73ClF6N5O13PRuSi+. The molecule has 28 heteroatoms. The zero-order valence-corrected chi connectivity index (χ0v) is 56.1. The molecule has 0 saturated heterocycles. The summed E-state index contributed by atoms with van der Waals surface area (Å²) >= 11 is 6.32. The number of hydrogen-bond donors (Lipinski definition) is 7. The minimum absolute atomic E-state index is 0. The van der Waals surface area contributed by atoms with Gasteiger partial charge in [-0.15, -0.1) is 0 Å². The Balaban J connectivity index is 0.00000125. The first-order chi connectivity index (χ1) is 42.5. The number of amides is 5. The van der Waals surface area contributed by atoms with Crippen molar-refractivity contribution in [1.82, 2.24) is 26.6 Å². The number of aromatic hydroxyl groups is 2. The Labute approximate surface area is 549 Å². The maximum atomic E-state index is 15.3. The Bertz CT molecular complexity index is 3390. The minimum atomic E-state index is -10.7. The summed E-state index contributed by atoms with van der Waals surface area (Å²) < 4.78 is 94.3. The van der Waals surface area contributed by atoms with Crippen LogP contribution in [0.5, 0.6) is 34.5 Å². The summed E-state index contributed by atoms with van der Waals surface area (Å²) in [5.74, 6) is -4.13. The molecule has 6 aromatic rings. The number of phenolic OH excluding ortho intramolecular Hbond substituents is 2. The van der Waals surface area contributed by atoms with Gasteiger partial charge < -0.3 is 64.9 Å². The molecule has 0 aliphatic heterocycles. The van der Waals surface area contributed by atoms with Crippen LogP contribution in [0.25, 0.3) is 0 Å². The summed E-state index contributed by atoms with van der Waals surface area (Å²) in [5.41, 5.74) is 2.74. The summed E-state index contributed by atoms with van der Waals surface area (Å²) in [7, 11) is -7.88. The van der Waals surface area contributed by atoms with Crippen molar-refractivity contribution in [2.45, 2.75) is 89.3 Å². The number of likely N-dealkylation sites (N-methyl/N-ethyl adjacent to an activating group) is 1. The van der Waals surface area contributed by atoms with Gasteiger partial charge in [0, 0.05) is 17.6 Å². The number of alkyl carbamates (subject to hydrolysis) is 1. The van der Waals surface area contributed by atoms with Gasteiger partial charge in [-0.05, 0) is 139 Å². The van der Waals surface area contributed by atoms with E-state index in [1.165, 1.54) is 46.6 Å². The van der Waals surface area contributed by atoms with Crippen LogP contribution in [0.2, 0.25) is 23.2 Å². The van der Waals surface area contributed by atoms with E-state index in [1.807, 2.05) is 96.3 Å². The van der Waals surface area contributed by atoms with Crippen LogP contribution in [-0.2, 0) is 61.0 Å². The van der Waals surface area contributed by atoms with Crippen LogP contribution >= 0.6 is 19.4 Å². The van der Waals surface area contributed by atoms with Crippen LogP contribution in [-0.4, -0.2) is 82.7 Å². The maximum absolute atomic E-state index is 15.3. The number of phenols is 2. The van der Waals surface area contributed by atoms with Crippen molar-refractivity contribution in [3.63, 3.8) is 0 Å². The molecule has 0 bridgehead atoms. The SMILES string of the molecule is CNC(=O)[C@@H](NC(=O)[C@H](NC(=O)[C@H](NC(=O)[C@@H](NC(=O)OCc1ccccc1)c1cc(OC)c(C)c(OCc2ccccc2)c1)c1cc(O)c(OC)c(O)c1)c1ccc(OC)cc1)[C@H](O[Si](C)(C)C(C)(C)C)c1ccc(Cl)cc1.F[P-](F)(F)(F)(F)F.[CH]1[CH][CH][CH][CH]1.[Ru+2]. The fraction of sp³-hybridized carbons (Fsp3) is 0.281. The molecule has 497 valence electrons. The Morgan fingerprint density at radius 2 is 1.00 bits per heavy atom. The second-order valence-corrected chi connectivity index (χ2v) is 29.0. The molecule has 92 heavy (non-hydrogen) atoms. The maximum Gasteiger partial charge on any atom is 2.00 e. The van der Waals surface area contributed by atoms with Crippen molar-refractivity contribution in [3.05, 3.63) is 210 Å². The number of halogens is 7. The average Bonchev–Trinajstić information content (AvgIpc) is 0.815. The quantitative estimate of drug-likeness (QED) is 0.0180. The van der Waals surface area contributed by atoms with Gasteiger partial charge in [-0.1, -0.05) is 117 Å². The Kier molecular flexibility index (Phi) is 27.4. The second-order valence-electron chi connectivity index (χ2n) is 21.9. The van der Waals surface area contributed by atoms with Crippen molar-refractivity contribution >= 4 is 57.4 Å². The first kappa shape index (κ1) is 76.8. The van der Waals surface area contributed by atoms with Gasteiger partial charge in [0.15, 0.2) is 19.8 Å². The van der Waals surface area contributed by atoms with Gasteiger partial charge in [-0.2, -0.15) is 0 Å². The van der Waals surface area contributed by atoms with Crippen LogP contribution in [0.15, 0.2) is 133 Å². The molecule has 1 aliphatic rings. The predicted octanol–water partition coefficient (Wildman–Crippen LogP) is 13.7. The normalized spacial score (nSPS) is 14.4. The van der Waals surface area contributed by atoms with Crippen LogP contribution in [0.4, 0.5) is 30.0 Å². The van der Waals surface area contributed by atoms with Gasteiger partial charge >= 0.3 is 58.6 Å². The molecule has 18 nitrogen and oxygen atoms in total. The molecule has 6 aromatic carbocycles. The third kappa shape index (κ3) is 24.4. The van der Waals surface area contributed by atoms with Gasteiger partial charge in [0.2, 0.25) is 29.4 Å². The third-order valence-corrected chi connectivity index (χ3v) is 18.8. The van der Waals surface area contributed by atoms with E-state index in [0.717, 1.165) is 17.7 Å². The van der Waals surface area contributed by atoms with Crippen molar-refractivity contribution < 1.29 is 107 Å². The molecule has 1 fully saturated rings. The average molecular weight is 1430 g/mol. The van der Waals surface area contributed by atoms with Gasteiger partial charge in [0.25, 0.3) is 0 Å². The van der Waals surface area contributed by atoms with Crippen LogP contribution < -0.4 is 45.5 Å². The number of rotatable bonds is 23. The molecule has 5 radical (unpaired) electrons. The van der Waals surface area contributed by atoms with E-state index in [0.29, 0.717) is 33.2 Å². The zero-order valence-electron chi connectivity index (χ0n) is 51.7. The first-order valence-electron chi connectivity index (χ1n) is 27.9. The van der Waals surface area contributed by atoms with Crippen LogP contribution in [0, 0.1) is 39.0 Å². The smallest absolute Gasteiger partial charge is 0.0312 e. The number of methoxy groups -OCH3 is 3. The van der Waals surface area contributed by atoms with E-state index in [1.54, 1.807) is 79.7 Å². The molecule has 0 aromatic heterocycles. The van der Waals surface area contributed by atoms with Gasteiger partial charge in [0.1, 0.15) is 54.6 Å². The Morgan fingerprint density at radius 3 is 1.46 bits per heavy atom. The topological polar surface area (TPSA) is 241 Å².